The molecule has 20 heavy (non-hydrogen) atoms. The number of carbonyl (C=O) groups is 1. The molecule has 2 aromatic rings. The van der Waals surface area contributed by atoms with Gasteiger partial charge in [0.2, 0.25) is 0 Å². The van der Waals surface area contributed by atoms with E-state index < -0.39 is 5.97 Å². The Hall–Kier alpha value is -1.62. The van der Waals surface area contributed by atoms with E-state index in [1.807, 2.05) is 52.0 Å². The van der Waals surface area contributed by atoms with E-state index in [-0.39, 0.29) is 11.1 Å². The maximum absolute atomic E-state index is 11.3. The lowest BCUT2D eigenvalue weighted by molar-refractivity contribution is 0.0689. The summed E-state index contributed by atoms with van der Waals surface area (Å²) in [5.74, 6) is -1.03. The molecule has 0 saturated heterocycles. The van der Waals surface area contributed by atoms with Crippen molar-refractivity contribution in [3.8, 4) is 5.69 Å². The Morgan fingerprint density at radius 2 is 1.90 bits per heavy atom. The van der Waals surface area contributed by atoms with E-state index in [4.69, 9.17) is 0 Å². The van der Waals surface area contributed by atoms with Crippen LogP contribution in [0.25, 0.3) is 5.69 Å². The number of aryl methyl sites for hydroxylation is 1. The highest BCUT2D eigenvalue weighted by atomic mass is 79.9. The summed E-state index contributed by atoms with van der Waals surface area (Å²) in [6.45, 7) is 8.09. The van der Waals surface area contributed by atoms with Gasteiger partial charge in [-0.25, -0.2) is 9.48 Å². The molecule has 106 valence electrons. The molecule has 0 bridgehead atoms. The molecule has 5 heteroatoms. The van der Waals surface area contributed by atoms with Gasteiger partial charge in [0.1, 0.15) is 0 Å². The third-order valence-electron chi connectivity index (χ3n) is 3.08. The van der Waals surface area contributed by atoms with Crippen LogP contribution in [-0.4, -0.2) is 20.9 Å². The lowest BCUT2D eigenvalue weighted by Gasteiger charge is -2.21. The zero-order chi connectivity index (χ0) is 15.1. The number of halogens is 1. The van der Waals surface area contributed by atoms with Crippen LogP contribution in [0.1, 0.15) is 42.5 Å². The summed E-state index contributed by atoms with van der Waals surface area (Å²) in [5.41, 5.74) is 2.60. The van der Waals surface area contributed by atoms with Crippen LogP contribution >= 0.6 is 15.9 Å². The maximum Gasteiger partial charge on any atom is 0.357 e. The molecule has 0 fully saturated rings. The van der Waals surface area contributed by atoms with E-state index in [2.05, 4.69) is 21.0 Å². The molecule has 0 aliphatic rings. The average molecular weight is 337 g/mol. The van der Waals surface area contributed by atoms with E-state index >= 15 is 0 Å². The Kier molecular flexibility index (Phi) is 3.73. The molecule has 4 nitrogen and oxygen atoms in total. The first kappa shape index (κ1) is 14.8. The van der Waals surface area contributed by atoms with Crippen molar-refractivity contribution in [3.63, 3.8) is 0 Å². The summed E-state index contributed by atoms with van der Waals surface area (Å²) in [6, 6.07) is 7.80. The van der Waals surface area contributed by atoms with Crippen LogP contribution in [0.4, 0.5) is 0 Å². The highest BCUT2D eigenvalue weighted by Crippen LogP contribution is 2.34. The van der Waals surface area contributed by atoms with Crippen LogP contribution in [-0.2, 0) is 5.41 Å². The van der Waals surface area contributed by atoms with Gasteiger partial charge >= 0.3 is 5.97 Å². The molecule has 1 heterocycles. The van der Waals surface area contributed by atoms with Gasteiger partial charge in [0.25, 0.3) is 0 Å². The number of rotatable bonds is 2. The van der Waals surface area contributed by atoms with Gasteiger partial charge in [-0.3, -0.25) is 0 Å². The van der Waals surface area contributed by atoms with Gasteiger partial charge in [-0.05, 0) is 34.5 Å². The molecule has 1 aromatic carbocycles. The van der Waals surface area contributed by atoms with Gasteiger partial charge in [0, 0.05) is 5.41 Å². The van der Waals surface area contributed by atoms with Gasteiger partial charge in [0.05, 0.1) is 15.9 Å². The molecule has 0 unspecified atom stereocenters. The number of aromatic nitrogens is 2. The predicted molar refractivity (Wildman–Crippen MR) is 81.7 cm³/mol. The topological polar surface area (TPSA) is 55.1 Å². The highest BCUT2D eigenvalue weighted by molar-refractivity contribution is 9.10. The van der Waals surface area contributed by atoms with Crippen LogP contribution in [0.5, 0.6) is 0 Å². The van der Waals surface area contributed by atoms with E-state index in [1.165, 1.54) is 0 Å². The molecule has 0 aliphatic heterocycles. The second kappa shape index (κ2) is 5.05. The van der Waals surface area contributed by atoms with Crippen LogP contribution in [0.15, 0.2) is 28.7 Å². The highest BCUT2D eigenvalue weighted by Gasteiger charge is 2.29. The van der Waals surface area contributed by atoms with Crippen LogP contribution in [0, 0.1) is 6.92 Å². The van der Waals surface area contributed by atoms with Crippen molar-refractivity contribution >= 4 is 21.9 Å². The SMILES string of the molecule is Cc1ccccc1-n1nc(C(=O)O)c(Br)c1C(C)(C)C. The first-order valence-electron chi connectivity index (χ1n) is 6.31. The Balaban J connectivity index is 2.80. The number of hydrogen-bond acceptors (Lipinski definition) is 2. The first-order chi connectivity index (χ1) is 9.23. The standard InChI is InChI=1S/C15H17BrN2O2/c1-9-7-5-6-8-10(9)18-13(15(2,3)4)11(16)12(17-18)14(19)20/h5-8H,1-4H3,(H,19,20). The van der Waals surface area contributed by atoms with Gasteiger partial charge in [0.15, 0.2) is 5.69 Å². The zero-order valence-corrected chi connectivity index (χ0v) is 13.5. The molecule has 0 saturated carbocycles. The molecule has 0 radical (unpaired) electrons. The van der Waals surface area contributed by atoms with Crippen LogP contribution < -0.4 is 0 Å². The fourth-order valence-corrected chi connectivity index (χ4v) is 3.17. The van der Waals surface area contributed by atoms with Crippen molar-refractivity contribution in [2.24, 2.45) is 0 Å². The third-order valence-corrected chi connectivity index (χ3v) is 3.84. The molecule has 0 aliphatic carbocycles. The molecule has 0 atom stereocenters. The Labute approximate surface area is 126 Å². The Bertz CT molecular complexity index is 669. The molecular formula is C15H17BrN2O2. The molecular weight excluding hydrogens is 320 g/mol. The lowest BCUT2D eigenvalue weighted by Crippen LogP contribution is -2.18. The quantitative estimate of drug-likeness (QED) is 0.903. The van der Waals surface area contributed by atoms with E-state index in [0.717, 1.165) is 16.9 Å². The molecule has 2 rings (SSSR count). The second-order valence-corrected chi connectivity index (χ2v) is 6.56. The molecule has 0 amide bonds. The van der Waals surface area contributed by atoms with Gasteiger partial charge in [-0.15, -0.1) is 0 Å². The van der Waals surface area contributed by atoms with Crippen molar-refractivity contribution in [2.45, 2.75) is 33.1 Å². The number of benzene rings is 1. The molecule has 0 spiro atoms. The Morgan fingerprint density at radius 3 is 2.40 bits per heavy atom. The summed E-state index contributed by atoms with van der Waals surface area (Å²) in [7, 11) is 0. The normalized spacial score (nSPS) is 11.7. The van der Waals surface area contributed by atoms with E-state index in [0.29, 0.717) is 4.47 Å². The van der Waals surface area contributed by atoms with Crippen LogP contribution in [0.2, 0.25) is 0 Å². The number of carboxylic acid groups (broad SMARTS) is 1. The van der Waals surface area contributed by atoms with Crippen molar-refractivity contribution < 1.29 is 9.90 Å². The third kappa shape index (κ3) is 2.50. The van der Waals surface area contributed by atoms with Crippen molar-refractivity contribution in [1.29, 1.82) is 0 Å². The van der Waals surface area contributed by atoms with Gasteiger partial charge in [-0.2, -0.15) is 5.10 Å². The smallest absolute Gasteiger partial charge is 0.357 e. The molecule has 1 aromatic heterocycles. The summed E-state index contributed by atoms with van der Waals surface area (Å²) in [6.07, 6.45) is 0. The van der Waals surface area contributed by atoms with E-state index in [1.54, 1.807) is 4.68 Å². The fraction of sp³-hybridized carbons (Fsp3) is 0.333. The minimum Gasteiger partial charge on any atom is -0.476 e. The second-order valence-electron chi connectivity index (χ2n) is 5.76. The minimum absolute atomic E-state index is 0.0400. The number of aromatic carboxylic acids is 1. The summed E-state index contributed by atoms with van der Waals surface area (Å²) < 4.78 is 2.27. The van der Waals surface area contributed by atoms with Crippen molar-refractivity contribution in [1.82, 2.24) is 9.78 Å². The van der Waals surface area contributed by atoms with Gasteiger partial charge < -0.3 is 5.11 Å². The minimum atomic E-state index is -1.03. The lowest BCUT2D eigenvalue weighted by atomic mass is 9.91. The zero-order valence-electron chi connectivity index (χ0n) is 11.9. The Morgan fingerprint density at radius 1 is 1.30 bits per heavy atom. The summed E-state index contributed by atoms with van der Waals surface area (Å²) >= 11 is 3.40. The monoisotopic (exact) mass is 336 g/mol. The predicted octanol–water partition coefficient (Wildman–Crippen LogP) is 3.94. The van der Waals surface area contributed by atoms with Crippen LogP contribution in [0.3, 0.4) is 0 Å². The number of carboxylic acids is 1. The maximum atomic E-state index is 11.3. The number of hydrogen-bond donors (Lipinski definition) is 1. The fourth-order valence-electron chi connectivity index (χ4n) is 2.16. The summed E-state index contributed by atoms with van der Waals surface area (Å²) in [5, 5.41) is 13.6. The summed E-state index contributed by atoms with van der Waals surface area (Å²) in [4.78, 5) is 11.3. The van der Waals surface area contributed by atoms with E-state index in [9.17, 15) is 9.90 Å². The number of para-hydroxylation sites is 1. The van der Waals surface area contributed by atoms with Crippen molar-refractivity contribution in [3.05, 3.63) is 45.7 Å². The molecule has 1 N–H and O–H groups in total. The van der Waals surface area contributed by atoms with Gasteiger partial charge in [-0.1, -0.05) is 39.0 Å². The first-order valence-corrected chi connectivity index (χ1v) is 7.11. The number of nitrogens with zero attached hydrogens (tertiary/aromatic N) is 2. The largest absolute Gasteiger partial charge is 0.476 e. The van der Waals surface area contributed by atoms with Crippen molar-refractivity contribution in [2.75, 3.05) is 0 Å². The average Bonchev–Trinajstić information content (AvgIpc) is 2.67.